The van der Waals surface area contributed by atoms with Crippen LogP contribution >= 0.6 is 0 Å². The second kappa shape index (κ2) is 3.48. The van der Waals surface area contributed by atoms with Crippen LogP contribution in [0.3, 0.4) is 0 Å². The van der Waals surface area contributed by atoms with Crippen molar-refractivity contribution in [3.63, 3.8) is 0 Å². The Hall–Kier alpha value is -1.18. The Kier molecular flexibility index (Phi) is 2.58. The fraction of sp³-hybridized carbons (Fsp3) is 0.400. The maximum atomic E-state index is 9.12. The third-order valence-corrected chi connectivity index (χ3v) is 1.52. The third-order valence-electron chi connectivity index (χ3n) is 1.52. The number of ether oxygens (including phenoxy) is 1. The summed E-state index contributed by atoms with van der Waals surface area (Å²) in [5, 5.41) is 9.12. The van der Waals surface area contributed by atoms with Gasteiger partial charge in [-0.2, -0.15) is 0 Å². The number of hydrogen-bond donors (Lipinski definition) is 1. The number of rotatable bonds is 2. The van der Waals surface area contributed by atoms with Crippen molar-refractivity contribution in [1.82, 2.24) is 0 Å². The van der Waals surface area contributed by atoms with Crippen molar-refractivity contribution < 1.29 is 9.84 Å². The summed E-state index contributed by atoms with van der Waals surface area (Å²) in [6.45, 7) is 5.87. The van der Waals surface area contributed by atoms with Crippen molar-refractivity contribution in [3.05, 3.63) is 23.8 Å². The minimum absolute atomic E-state index is 0.174. The quantitative estimate of drug-likeness (QED) is 0.731. The molecule has 0 bridgehead atoms. The summed E-state index contributed by atoms with van der Waals surface area (Å²) in [5.41, 5.74) is 0.962. The summed E-state index contributed by atoms with van der Waals surface area (Å²) in [7, 11) is 0. The van der Waals surface area contributed by atoms with Gasteiger partial charge in [-0.25, -0.2) is 0 Å². The van der Waals surface area contributed by atoms with Crippen LogP contribution in [-0.2, 0) is 0 Å². The van der Waals surface area contributed by atoms with Gasteiger partial charge in [0.2, 0.25) is 0 Å². The first-order valence-corrected chi connectivity index (χ1v) is 4.06. The van der Waals surface area contributed by atoms with Gasteiger partial charge >= 0.3 is 0 Å². The molecule has 0 heterocycles. The number of phenolic OH excluding ortho intramolecular Hbond substituents is 1. The number of benzene rings is 1. The summed E-state index contributed by atoms with van der Waals surface area (Å²) >= 11 is 0. The van der Waals surface area contributed by atoms with Gasteiger partial charge in [0.1, 0.15) is 11.5 Å². The molecular weight excluding hydrogens is 152 g/mol. The molecule has 12 heavy (non-hydrogen) atoms. The SMILES string of the molecule is Cc1cc(O)ccc1OC(C)C. The lowest BCUT2D eigenvalue weighted by Crippen LogP contribution is -2.06. The zero-order valence-corrected chi connectivity index (χ0v) is 7.66. The normalized spacial score (nSPS) is 10.3. The average Bonchev–Trinajstić information content (AvgIpc) is 1.94. The molecule has 0 unspecified atom stereocenters. The summed E-state index contributed by atoms with van der Waals surface area (Å²) < 4.78 is 5.49. The summed E-state index contributed by atoms with van der Waals surface area (Å²) in [5.74, 6) is 1.12. The van der Waals surface area contributed by atoms with E-state index in [1.165, 1.54) is 0 Å². The lowest BCUT2D eigenvalue weighted by atomic mass is 10.2. The van der Waals surface area contributed by atoms with Crippen molar-refractivity contribution >= 4 is 0 Å². The van der Waals surface area contributed by atoms with E-state index in [2.05, 4.69) is 0 Å². The molecule has 0 atom stereocenters. The first kappa shape index (κ1) is 8.91. The van der Waals surface area contributed by atoms with Gasteiger partial charge in [-0.15, -0.1) is 0 Å². The third kappa shape index (κ3) is 2.16. The molecule has 2 nitrogen and oxygen atoms in total. The molecule has 1 aromatic rings. The Morgan fingerprint density at radius 2 is 2.00 bits per heavy atom. The molecule has 1 aromatic carbocycles. The second-order valence-electron chi connectivity index (χ2n) is 3.12. The monoisotopic (exact) mass is 166 g/mol. The predicted octanol–water partition coefficient (Wildman–Crippen LogP) is 2.49. The van der Waals surface area contributed by atoms with Gasteiger partial charge in [-0.1, -0.05) is 0 Å². The first-order valence-electron chi connectivity index (χ1n) is 4.06. The van der Waals surface area contributed by atoms with Crippen LogP contribution < -0.4 is 4.74 Å². The van der Waals surface area contributed by atoms with Crippen LogP contribution in [0, 0.1) is 6.92 Å². The van der Waals surface area contributed by atoms with Crippen molar-refractivity contribution in [1.29, 1.82) is 0 Å². The van der Waals surface area contributed by atoms with E-state index in [-0.39, 0.29) is 11.9 Å². The molecule has 0 saturated heterocycles. The maximum absolute atomic E-state index is 9.12. The minimum Gasteiger partial charge on any atom is -0.508 e. The Morgan fingerprint density at radius 3 is 2.50 bits per heavy atom. The molecule has 1 N–H and O–H groups in total. The highest BCUT2D eigenvalue weighted by molar-refractivity contribution is 5.38. The van der Waals surface area contributed by atoms with Crippen LogP contribution in [0.4, 0.5) is 0 Å². The standard InChI is InChI=1S/C10H14O2/c1-7(2)12-10-5-4-9(11)6-8(10)3/h4-7,11H,1-3H3. The zero-order chi connectivity index (χ0) is 9.14. The topological polar surface area (TPSA) is 29.5 Å². The molecule has 1 rings (SSSR count). The second-order valence-corrected chi connectivity index (χ2v) is 3.12. The van der Waals surface area contributed by atoms with Gasteiger partial charge in [0.05, 0.1) is 6.10 Å². The van der Waals surface area contributed by atoms with Gasteiger partial charge in [-0.3, -0.25) is 0 Å². The molecule has 0 aliphatic rings. The van der Waals surface area contributed by atoms with Crippen LogP contribution in [0.25, 0.3) is 0 Å². The van der Waals surface area contributed by atoms with Gasteiger partial charge in [0, 0.05) is 0 Å². The van der Waals surface area contributed by atoms with E-state index in [0.29, 0.717) is 0 Å². The van der Waals surface area contributed by atoms with Gasteiger partial charge in [-0.05, 0) is 44.5 Å². The lowest BCUT2D eigenvalue weighted by Gasteiger charge is -2.11. The molecule has 0 spiro atoms. The molecular formula is C10H14O2. The van der Waals surface area contributed by atoms with Crippen molar-refractivity contribution in [3.8, 4) is 11.5 Å². The highest BCUT2D eigenvalue weighted by atomic mass is 16.5. The van der Waals surface area contributed by atoms with E-state index in [4.69, 9.17) is 9.84 Å². The van der Waals surface area contributed by atoms with Crippen LogP contribution in [0.5, 0.6) is 11.5 Å². The molecule has 0 saturated carbocycles. The average molecular weight is 166 g/mol. The van der Waals surface area contributed by atoms with E-state index < -0.39 is 0 Å². The molecule has 0 radical (unpaired) electrons. The highest BCUT2D eigenvalue weighted by Crippen LogP contribution is 2.22. The van der Waals surface area contributed by atoms with Crippen molar-refractivity contribution in [2.75, 3.05) is 0 Å². The van der Waals surface area contributed by atoms with E-state index in [0.717, 1.165) is 11.3 Å². The van der Waals surface area contributed by atoms with Crippen LogP contribution in [0.1, 0.15) is 19.4 Å². The predicted molar refractivity (Wildman–Crippen MR) is 48.6 cm³/mol. The first-order chi connectivity index (χ1) is 5.59. The summed E-state index contributed by atoms with van der Waals surface area (Å²) in [4.78, 5) is 0. The molecule has 0 fully saturated rings. The molecule has 66 valence electrons. The van der Waals surface area contributed by atoms with Gasteiger partial charge < -0.3 is 9.84 Å². The van der Waals surface area contributed by atoms with E-state index in [1.54, 1.807) is 18.2 Å². The van der Waals surface area contributed by atoms with E-state index in [1.807, 2.05) is 20.8 Å². The number of phenols is 1. The molecule has 0 aliphatic heterocycles. The van der Waals surface area contributed by atoms with E-state index >= 15 is 0 Å². The lowest BCUT2D eigenvalue weighted by molar-refractivity contribution is 0.240. The molecule has 2 heteroatoms. The number of aryl methyl sites for hydroxylation is 1. The van der Waals surface area contributed by atoms with E-state index in [9.17, 15) is 0 Å². The number of hydrogen-bond acceptors (Lipinski definition) is 2. The largest absolute Gasteiger partial charge is 0.508 e. The van der Waals surface area contributed by atoms with Crippen molar-refractivity contribution in [2.45, 2.75) is 26.9 Å². The Balaban J connectivity index is 2.86. The summed E-state index contributed by atoms with van der Waals surface area (Å²) in [6.07, 6.45) is 0.174. The Morgan fingerprint density at radius 1 is 1.33 bits per heavy atom. The van der Waals surface area contributed by atoms with Crippen molar-refractivity contribution in [2.24, 2.45) is 0 Å². The maximum Gasteiger partial charge on any atom is 0.122 e. The zero-order valence-electron chi connectivity index (χ0n) is 7.66. The highest BCUT2D eigenvalue weighted by Gasteiger charge is 2.01. The van der Waals surface area contributed by atoms with Crippen LogP contribution in [0.15, 0.2) is 18.2 Å². The minimum atomic E-state index is 0.174. The van der Waals surface area contributed by atoms with Gasteiger partial charge in [0.15, 0.2) is 0 Å². The van der Waals surface area contributed by atoms with Crippen LogP contribution in [0.2, 0.25) is 0 Å². The van der Waals surface area contributed by atoms with Gasteiger partial charge in [0.25, 0.3) is 0 Å². The fourth-order valence-electron chi connectivity index (χ4n) is 1.02. The van der Waals surface area contributed by atoms with Crippen LogP contribution in [-0.4, -0.2) is 11.2 Å². The smallest absolute Gasteiger partial charge is 0.122 e. The Labute approximate surface area is 72.8 Å². The molecule has 0 aromatic heterocycles. The molecule has 0 amide bonds. The number of aromatic hydroxyl groups is 1. The molecule has 0 aliphatic carbocycles. The fourth-order valence-corrected chi connectivity index (χ4v) is 1.02. The Bertz CT molecular complexity index is 267. The summed E-state index contributed by atoms with van der Waals surface area (Å²) in [6, 6.07) is 5.10.